The standard InChI is InChI=1S/C13H12N4OS/c1-9-16-13(18-17-9)11-4-2-3-5-12(11)14-6-10-7-19-8-15-10/h2-5,7-8,14H,6H2,1H3. The molecule has 0 fully saturated rings. The van der Waals surface area contributed by atoms with E-state index in [2.05, 4.69) is 20.4 Å². The first-order valence-electron chi connectivity index (χ1n) is 5.83. The molecule has 0 aliphatic heterocycles. The van der Waals surface area contributed by atoms with Crippen LogP contribution in [0.2, 0.25) is 0 Å². The second-order valence-electron chi connectivity index (χ2n) is 4.03. The normalized spacial score (nSPS) is 10.6. The van der Waals surface area contributed by atoms with Gasteiger partial charge in [-0.1, -0.05) is 17.3 Å². The first-order chi connectivity index (χ1) is 9.33. The Bertz CT molecular complexity index is 663. The molecule has 2 aromatic heterocycles. The molecule has 0 saturated carbocycles. The molecule has 5 nitrogen and oxygen atoms in total. The molecule has 2 heterocycles. The van der Waals surface area contributed by atoms with E-state index in [1.807, 2.05) is 35.2 Å². The predicted octanol–water partition coefficient (Wildman–Crippen LogP) is 3.11. The summed E-state index contributed by atoms with van der Waals surface area (Å²) in [4.78, 5) is 8.50. The summed E-state index contributed by atoms with van der Waals surface area (Å²) in [7, 11) is 0. The lowest BCUT2D eigenvalue weighted by Crippen LogP contribution is -2.01. The van der Waals surface area contributed by atoms with Gasteiger partial charge in [-0.25, -0.2) is 4.98 Å². The molecular weight excluding hydrogens is 260 g/mol. The highest BCUT2D eigenvalue weighted by atomic mass is 32.1. The number of para-hydroxylation sites is 1. The Hall–Kier alpha value is -2.21. The molecule has 3 rings (SSSR count). The van der Waals surface area contributed by atoms with Gasteiger partial charge in [-0.2, -0.15) is 4.98 Å². The van der Waals surface area contributed by atoms with Crippen LogP contribution in [0.1, 0.15) is 11.5 Å². The summed E-state index contributed by atoms with van der Waals surface area (Å²) >= 11 is 1.59. The fraction of sp³-hybridized carbons (Fsp3) is 0.154. The fourth-order valence-corrected chi connectivity index (χ4v) is 2.30. The Morgan fingerprint density at radius 2 is 2.21 bits per heavy atom. The number of hydrogen-bond acceptors (Lipinski definition) is 6. The quantitative estimate of drug-likeness (QED) is 0.790. The molecule has 0 aliphatic carbocycles. The zero-order valence-corrected chi connectivity index (χ0v) is 11.1. The molecule has 1 aromatic carbocycles. The van der Waals surface area contributed by atoms with Gasteiger partial charge in [-0.15, -0.1) is 11.3 Å². The molecule has 96 valence electrons. The zero-order chi connectivity index (χ0) is 13.1. The van der Waals surface area contributed by atoms with Gasteiger partial charge in [0.2, 0.25) is 0 Å². The Labute approximate surface area is 114 Å². The monoisotopic (exact) mass is 272 g/mol. The molecule has 0 atom stereocenters. The van der Waals surface area contributed by atoms with Crippen molar-refractivity contribution in [2.24, 2.45) is 0 Å². The number of hydrogen-bond donors (Lipinski definition) is 1. The molecule has 19 heavy (non-hydrogen) atoms. The molecule has 0 aliphatic rings. The van der Waals surface area contributed by atoms with Crippen LogP contribution < -0.4 is 5.32 Å². The van der Waals surface area contributed by atoms with Crippen molar-refractivity contribution in [2.45, 2.75) is 13.5 Å². The third-order valence-electron chi connectivity index (χ3n) is 2.63. The van der Waals surface area contributed by atoms with Gasteiger partial charge < -0.3 is 9.84 Å². The minimum absolute atomic E-state index is 0.527. The van der Waals surface area contributed by atoms with E-state index in [-0.39, 0.29) is 0 Å². The molecule has 6 heteroatoms. The lowest BCUT2D eigenvalue weighted by molar-refractivity contribution is 0.426. The van der Waals surface area contributed by atoms with Crippen LogP contribution in [0.4, 0.5) is 5.69 Å². The van der Waals surface area contributed by atoms with Crippen LogP contribution in [0.25, 0.3) is 11.5 Å². The average molecular weight is 272 g/mol. The highest BCUT2D eigenvalue weighted by Gasteiger charge is 2.10. The van der Waals surface area contributed by atoms with E-state index in [1.54, 1.807) is 18.3 Å². The highest BCUT2D eigenvalue weighted by molar-refractivity contribution is 7.07. The number of nitrogens with zero attached hydrogens (tertiary/aromatic N) is 3. The maximum absolute atomic E-state index is 5.21. The minimum atomic E-state index is 0.527. The number of rotatable bonds is 4. The number of thiazole rings is 1. The molecule has 0 unspecified atom stereocenters. The molecule has 0 spiro atoms. The Balaban J connectivity index is 1.85. The summed E-state index contributed by atoms with van der Waals surface area (Å²) < 4.78 is 5.21. The van der Waals surface area contributed by atoms with Crippen LogP contribution in [0.3, 0.4) is 0 Å². The van der Waals surface area contributed by atoms with Crippen molar-refractivity contribution in [2.75, 3.05) is 5.32 Å². The maximum Gasteiger partial charge on any atom is 0.260 e. The third kappa shape index (κ3) is 2.63. The van der Waals surface area contributed by atoms with Gasteiger partial charge in [-0.3, -0.25) is 0 Å². The van der Waals surface area contributed by atoms with Crippen LogP contribution in [-0.4, -0.2) is 15.1 Å². The molecule has 0 saturated heterocycles. The SMILES string of the molecule is Cc1noc(-c2ccccc2NCc2cscn2)n1. The van der Waals surface area contributed by atoms with Gasteiger partial charge in [0.1, 0.15) is 0 Å². The van der Waals surface area contributed by atoms with E-state index in [0.29, 0.717) is 18.3 Å². The summed E-state index contributed by atoms with van der Waals surface area (Å²) in [5.41, 5.74) is 4.70. The highest BCUT2D eigenvalue weighted by Crippen LogP contribution is 2.26. The van der Waals surface area contributed by atoms with Crippen LogP contribution in [0, 0.1) is 6.92 Å². The maximum atomic E-state index is 5.21. The van der Waals surface area contributed by atoms with Crippen molar-refractivity contribution in [3.63, 3.8) is 0 Å². The lowest BCUT2D eigenvalue weighted by atomic mass is 10.1. The largest absolute Gasteiger partial charge is 0.379 e. The minimum Gasteiger partial charge on any atom is -0.379 e. The van der Waals surface area contributed by atoms with Gasteiger partial charge in [0, 0.05) is 11.1 Å². The van der Waals surface area contributed by atoms with Gasteiger partial charge >= 0.3 is 0 Å². The van der Waals surface area contributed by atoms with Gasteiger partial charge in [-0.05, 0) is 19.1 Å². The van der Waals surface area contributed by atoms with Gasteiger partial charge in [0.25, 0.3) is 5.89 Å². The molecule has 0 amide bonds. The van der Waals surface area contributed by atoms with E-state index in [0.717, 1.165) is 16.9 Å². The summed E-state index contributed by atoms with van der Waals surface area (Å²) in [6, 6.07) is 7.86. The number of benzene rings is 1. The lowest BCUT2D eigenvalue weighted by Gasteiger charge is -2.07. The predicted molar refractivity (Wildman–Crippen MR) is 73.9 cm³/mol. The van der Waals surface area contributed by atoms with Crippen molar-refractivity contribution >= 4 is 17.0 Å². The van der Waals surface area contributed by atoms with Gasteiger partial charge in [0.15, 0.2) is 5.82 Å². The van der Waals surface area contributed by atoms with Crippen molar-refractivity contribution in [1.82, 2.24) is 15.1 Å². The first-order valence-corrected chi connectivity index (χ1v) is 6.78. The molecule has 1 N–H and O–H groups in total. The Morgan fingerprint density at radius 3 is 2.95 bits per heavy atom. The molecular formula is C13H12N4OS. The number of nitrogens with one attached hydrogen (secondary N) is 1. The van der Waals surface area contributed by atoms with E-state index < -0.39 is 0 Å². The van der Waals surface area contributed by atoms with Crippen LogP contribution in [0.15, 0.2) is 39.7 Å². The van der Waals surface area contributed by atoms with Crippen LogP contribution in [-0.2, 0) is 6.54 Å². The van der Waals surface area contributed by atoms with E-state index >= 15 is 0 Å². The van der Waals surface area contributed by atoms with Crippen molar-refractivity contribution < 1.29 is 4.52 Å². The van der Waals surface area contributed by atoms with E-state index in [1.165, 1.54) is 0 Å². The second-order valence-corrected chi connectivity index (χ2v) is 4.74. The summed E-state index contributed by atoms with van der Waals surface area (Å²) in [5.74, 6) is 1.16. The number of aromatic nitrogens is 3. The topological polar surface area (TPSA) is 63.8 Å². The van der Waals surface area contributed by atoms with E-state index in [9.17, 15) is 0 Å². The Kier molecular flexibility index (Phi) is 3.24. The van der Waals surface area contributed by atoms with Gasteiger partial charge in [0.05, 0.1) is 23.3 Å². The smallest absolute Gasteiger partial charge is 0.260 e. The van der Waals surface area contributed by atoms with Crippen molar-refractivity contribution in [1.29, 1.82) is 0 Å². The fourth-order valence-electron chi connectivity index (χ4n) is 1.74. The van der Waals surface area contributed by atoms with Crippen molar-refractivity contribution in [3.05, 3.63) is 46.7 Å². The number of aryl methyl sites for hydroxylation is 1. The Morgan fingerprint density at radius 1 is 1.32 bits per heavy atom. The van der Waals surface area contributed by atoms with E-state index in [4.69, 9.17) is 4.52 Å². The van der Waals surface area contributed by atoms with Crippen LogP contribution >= 0.6 is 11.3 Å². The summed E-state index contributed by atoms with van der Waals surface area (Å²) in [6.45, 7) is 2.48. The zero-order valence-electron chi connectivity index (χ0n) is 10.3. The summed E-state index contributed by atoms with van der Waals surface area (Å²) in [6.07, 6.45) is 0. The second kappa shape index (κ2) is 5.19. The molecule has 3 aromatic rings. The summed E-state index contributed by atoms with van der Waals surface area (Å²) in [5, 5.41) is 9.18. The first kappa shape index (κ1) is 11.9. The molecule has 0 bridgehead atoms. The third-order valence-corrected chi connectivity index (χ3v) is 3.26. The number of anilines is 1. The van der Waals surface area contributed by atoms with Crippen LogP contribution in [0.5, 0.6) is 0 Å². The average Bonchev–Trinajstić information content (AvgIpc) is 3.08. The molecule has 0 radical (unpaired) electrons. The van der Waals surface area contributed by atoms with Crippen molar-refractivity contribution in [3.8, 4) is 11.5 Å².